The third-order valence-electron chi connectivity index (χ3n) is 4.61. The second-order valence-electron chi connectivity index (χ2n) is 6.18. The normalized spacial score (nSPS) is 20.7. The third-order valence-corrected chi connectivity index (χ3v) is 4.61. The molecule has 0 bridgehead atoms. The smallest absolute Gasteiger partial charge is 0.124 e. The Labute approximate surface area is 114 Å². The van der Waals surface area contributed by atoms with Crippen molar-refractivity contribution in [3.05, 3.63) is 23.8 Å². The molecular weight excluding hydrogens is 238 g/mol. The molecule has 2 aliphatic rings. The largest absolute Gasteiger partial charge is 0.507 e. The summed E-state index contributed by atoms with van der Waals surface area (Å²) in [6.07, 6.45) is 5.55. The van der Waals surface area contributed by atoms with E-state index in [1.165, 1.54) is 25.7 Å². The van der Waals surface area contributed by atoms with E-state index in [-0.39, 0.29) is 17.5 Å². The highest BCUT2D eigenvalue weighted by Crippen LogP contribution is 2.49. The van der Waals surface area contributed by atoms with E-state index in [0.717, 1.165) is 24.3 Å². The van der Waals surface area contributed by atoms with Crippen molar-refractivity contribution in [2.45, 2.75) is 38.6 Å². The molecule has 1 atom stereocenters. The Hall–Kier alpha value is -1.22. The first-order chi connectivity index (χ1) is 9.16. The number of aromatic hydroxyl groups is 2. The molecule has 1 aromatic carbocycles. The number of nitrogens with one attached hydrogen (secondary N) is 1. The number of hydrogen-bond acceptors (Lipinski definition) is 3. The molecule has 2 fully saturated rings. The van der Waals surface area contributed by atoms with Crippen molar-refractivity contribution in [1.82, 2.24) is 5.32 Å². The van der Waals surface area contributed by atoms with Gasteiger partial charge in [-0.05, 0) is 69.0 Å². The summed E-state index contributed by atoms with van der Waals surface area (Å²) in [5.74, 6) is 2.99. The topological polar surface area (TPSA) is 52.5 Å². The van der Waals surface area contributed by atoms with Crippen molar-refractivity contribution in [1.29, 1.82) is 0 Å². The minimum atomic E-state index is -0.0128. The van der Waals surface area contributed by atoms with E-state index in [2.05, 4.69) is 5.32 Å². The number of hydrogen-bond donors (Lipinski definition) is 3. The molecule has 2 saturated carbocycles. The monoisotopic (exact) mass is 261 g/mol. The van der Waals surface area contributed by atoms with Crippen LogP contribution < -0.4 is 5.32 Å². The van der Waals surface area contributed by atoms with Crippen LogP contribution >= 0.6 is 0 Å². The van der Waals surface area contributed by atoms with Crippen LogP contribution in [0.2, 0.25) is 0 Å². The highest BCUT2D eigenvalue weighted by atomic mass is 16.3. The summed E-state index contributed by atoms with van der Waals surface area (Å²) in [6.45, 7) is 3.01. The summed E-state index contributed by atoms with van der Waals surface area (Å²) in [5.41, 5.74) is 0.618. The molecule has 0 radical (unpaired) electrons. The maximum Gasteiger partial charge on any atom is 0.124 e. The van der Waals surface area contributed by atoms with Crippen LogP contribution in [0.3, 0.4) is 0 Å². The lowest BCUT2D eigenvalue weighted by Crippen LogP contribution is -2.28. The van der Waals surface area contributed by atoms with Crippen LogP contribution in [0.5, 0.6) is 11.5 Å². The van der Waals surface area contributed by atoms with Crippen LogP contribution in [0.1, 0.15) is 44.2 Å². The molecule has 2 aliphatic carbocycles. The lowest BCUT2D eigenvalue weighted by atomic mass is 9.97. The molecule has 3 heteroatoms. The Morgan fingerprint density at radius 1 is 1.11 bits per heavy atom. The minimum absolute atomic E-state index is 0.0128. The second kappa shape index (κ2) is 5.04. The lowest BCUT2D eigenvalue weighted by Gasteiger charge is -2.21. The predicted molar refractivity (Wildman–Crippen MR) is 75.1 cm³/mol. The third kappa shape index (κ3) is 2.86. The van der Waals surface area contributed by atoms with Crippen molar-refractivity contribution < 1.29 is 10.2 Å². The van der Waals surface area contributed by atoms with Gasteiger partial charge in [-0.15, -0.1) is 0 Å². The molecule has 19 heavy (non-hydrogen) atoms. The van der Waals surface area contributed by atoms with Gasteiger partial charge < -0.3 is 15.5 Å². The maximum atomic E-state index is 9.87. The molecule has 3 rings (SSSR count). The Kier molecular flexibility index (Phi) is 3.40. The Morgan fingerprint density at radius 3 is 2.11 bits per heavy atom. The van der Waals surface area contributed by atoms with Crippen molar-refractivity contribution in [2.24, 2.45) is 17.8 Å². The van der Waals surface area contributed by atoms with Gasteiger partial charge in [0.15, 0.2) is 0 Å². The fourth-order valence-electron chi connectivity index (χ4n) is 3.17. The first-order valence-electron chi connectivity index (χ1n) is 7.41. The molecular formula is C16H23NO2. The number of rotatable bonds is 6. The summed E-state index contributed by atoms with van der Waals surface area (Å²) < 4.78 is 0. The van der Waals surface area contributed by atoms with E-state index in [1.807, 2.05) is 6.92 Å². The molecule has 1 unspecified atom stereocenters. The van der Waals surface area contributed by atoms with Crippen LogP contribution in [0.4, 0.5) is 0 Å². The van der Waals surface area contributed by atoms with Crippen LogP contribution in [-0.2, 0) is 0 Å². The van der Waals surface area contributed by atoms with Gasteiger partial charge in [-0.1, -0.05) is 6.07 Å². The van der Waals surface area contributed by atoms with E-state index in [4.69, 9.17) is 0 Å². The Morgan fingerprint density at radius 2 is 1.63 bits per heavy atom. The SMILES string of the molecule is CC(NCC(C1CC1)C1CC1)c1c(O)cccc1O. The molecule has 3 N–H and O–H groups in total. The second-order valence-corrected chi connectivity index (χ2v) is 6.18. The average Bonchev–Trinajstić information content (AvgIpc) is 3.24. The van der Waals surface area contributed by atoms with Crippen LogP contribution in [0.15, 0.2) is 18.2 Å². The molecule has 0 aliphatic heterocycles. The van der Waals surface area contributed by atoms with Crippen LogP contribution in [0.25, 0.3) is 0 Å². The fourth-order valence-corrected chi connectivity index (χ4v) is 3.17. The Bertz CT molecular complexity index is 420. The van der Waals surface area contributed by atoms with E-state index in [1.54, 1.807) is 18.2 Å². The molecule has 1 aromatic rings. The number of phenolic OH excluding ortho intramolecular Hbond substituents is 2. The number of benzene rings is 1. The Balaban J connectivity index is 1.62. The highest BCUT2D eigenvalue weighted by molar-refractivity contribution is 5.44. The lowest BCUT2D eigenvalue weighted by molar-refractivity contribution is 0.352. The fraction of sp³-hybridized carbons (Fsp3) is 0.625. The van der Waals surface area contributed by atoms with Gasteiger partial charge in [0.1, 0.15) is 11.5 Å². The van der Waals surface area contributed by atoms with Crippen LogP contribution in [-0.4, -0.2) is 16.8 Å². The van der Waals surface area contributed by atoms with Gasteiger partial charge in [0, 0.05) is 6.04 Å². The van der Waals surface area contributed by atoms with Gasteiger partial charge in [-0.3, -0.25) is 0 Å². The van der Waals surface area contributed by atoms with E-state index < -0.39 is 0 Å². The van der Waals surface area contributed by atoms with Crippen molar-refractivity contribution in [3.8, 4) is 11.5 Å². The summed E-state index contributed by atoms with van der Waals surface area (Å²) in [6, 6.07) is 4.91. The van der Waals surface area contributed by atoms with Gasteiger partial charge >= 0.3 is 0 Å². The van der Waals surface area contributed by atoms with Gasteiger partial charge in [0.05, 0.1) is 5.56 Å². The molecule has 104 valence electrons. The molecule has 0 saturated heterocycles. The zero-order valence-corrected chi connectivity index (χ0v) is 11.5. The molecule has 0 amide bonds. The molecule has 0 aromatic heterocycles. The highest BCUT2D eigenvalue weighted by Gasteiger charge is 2.41. The van der Waals surface area contributed by atoms with Gasteiger partial charge in [-0.25, -0.2) is 0 Å². The van der Waals surface area contributed by atoms with E-state index in [0.29, 0.717) is 5.56 Å². The molecule has 0 heterocycles. The maximum absolute atomic E-state index is 9.87. The quantitative estimate of drug-likeness (QED) is 0.737. The standard InChI is InChI=1S/C16H23NO2/c1-10(16-14(18)3-2-4-15(16)19)17-9-13(11-5-6-11)12-7-8-12/h2-4,10-13,17-19H,5-9H2,1H3. The van der Waals surface area contributed by atoms with Crippen LogP contribution in [0, 0.1) is 17.8 Å². The van der Waals surface area contributed by atoms with Gasteiger partial charge in [0.25, 0.3) is 0 Å². The molecule has 0 spiro atoms. The van der Waals surface area contributed by atoms with E-state index >= 15 is 0 Å². The van der Waals surface area contributed by atoms with Crippen molar-refractivity contribution in [3.63, 3.8) is 0 Å². The summed E-state index contributed by atoms with van der Waals surface area (Å²) in [4.78, 5) is 0. The van der Waals surface area contributed by atoms with Gasteiger partial charge in [-0.2, -0.15) is 0 Å². The molecule has 3 nitrogen and oxygen atoms in total. The average molecular weight is 261 g/mol. The predicted octanol–water partition coefficient (Wildman–Crippen LogP) is 3.18. The minimum Gasteiger partial charge on any atom is -0.507 e. The zero-order chi connectivity index (χ0) is 13.4. The summed E-state index contributed by atoms with van der Waals surface area (Å²) in [7, 11) is 0. The van der Waals surface area contributed by atoms with E-state index in [9.17, 15) is 10.2 Å². The first kappa shape index (κ1) is 12.8. The number of phenols is 2. The van der Waals surface area contributed by atoms with Crippen molar-refractivity contribution >= 4 is 0 Å². The zero-order valence-electron chi connectivity index (χ0n) is 11.5. The van der Waals surface area contributed by atoms with Crippen molar-refractivity contribution in [2.75, 3.05) is 6.54 Å². The summed E-state index contributed by atoms with van der Waals surface area (Å²) in [5, 5.41) is 23.2. The van der Waals surface area contributed by atoms with Gasteiger partial charge in [0.2, 0.25) is 0 Å². The first-order valence-corrected chi connectivity index (χ1v) is 7.41. The summed E-state index contributed by atoms with van der Waals surface area (Å²) >= 11 is 0.